The molecule has 6 rings (SSSR count). The minimum Gasteiger partial charge on any atom is -0.309 e. The molecule has 9 nitrogen and oxygen atoms in total. The lowest BCUT2D eigenvalue weighted by Gasteiger charge is -2.10. The smallest absolute Gasteiger partial charge is 0.228 e. The highest BCUT2D eigenvalue weighted by atomic mass is 19.1. The Labute approximate surface area is 198 Å². The number of nitrogens with one attached hydrogen (secondary N) is 1. The van der Waals surface area contributed by atoms with Crippen LogP contribution in [0.3, 0.4) is 0 Å². The largest absolute Gasteiger partial charge is 0.309 e. The number of aromatic nitrogens is 6. The number of halogens is 1. The predicted octanol–water partition coefficient (Wildman–Crippen LogP) is 3.95. The van der Waals surface area contributed by atoms with Crippen LogP contribution in [-0.2, 0) is 4.79 Å². The summed E-state index contributed by atoms with van der Waals surface area (Å²) in [6.07, 6.45) is 5.40. The zero-order valence-electron chi connectivity index (χ0n) is 18.7. The van der Waals surface area contributed by atoms with Crippen molar-refractivity contribution in [1.82, 2.24) is 29.2 Å². The fourth-order valence-electron chi connectivity index (χ4n) is 4.05. The van der Waals surface area contributed by atoms with Crippen LogP contribution in [0.1, 0.15) is 42.8 Å². The lowest BCUT2D eigenvalue weighted by Crippen LogP contribution is -2.13. The van der Waals surface area contributed by atoms with Crippen molar-refractivity contribution in [3.8, 4) is 17.2 Å². The molecule has 1 unspecified atom stereocenters. The topological polar surface area (TPSA) is 113 Å². The summed E-state index contributed by atoms with van der Waals surface area (Å²) in [6, 6.07) is 13.7. The van der Waals surface area contributed by atoms with E-state index in [2.05, 4.69) is 25.6 Å². The van der Waals surface area contributed by atoms with Crippen LogP contribution in [0.4, 0.5) is 10.2 Å². The maximum atomic E-state index is 14.2. The van der Waals surface area contributed by atoms with Crippen LogP contribution in [0.25, 0.3) is 22.4 Å². The van der Waals surface area contributed by atoms with Crippen LogP contribution in [0.5, 0.6) is 0 Å². The molecule has 1 N–H and O–H groups in total. The highest BCUT2D eigenvalue weighted by Crippen LogP contribution is 2.30. The summed E-state index contributed by atoms with van der Waals surface area (Å²) in [5.74, 6) is 0.462. The monoisotopic (exact) mass is 466 g/mol. The fourth-order valence-corrected chi connectivity index (χ4v) is 4.05. The van der Waals surface area contributed by atoms with E-state index in [1.165, 1.54) is 12.1 Å². The van der Waals surface area contributed by atoms with E-state index in [0.29, 0.717) is 28.5 Å². The fraction of sp³-hybridized carbons (Fsp3) is 0.200. The van der Waals surface area contributed by atoms with Gasteiger partial charge in [-0.3, -0.25) is 9.20 Å². The zero-order chi connectivity index (χ0) is 24.1. The third-order valence-corrected chi connectivity index (χ3v) is 6.22. The van der Waals surface area contributed by atoms with Gasteiger partial charge in [-0.15, -0.1) is 10.2 Å². The molecule has 1 aromatic carbocycles. The lowest BCUT2D eigenvalue weighted by molar-refractivity contribution is -0.117. The van der Waals surface area contributed by atoms with Crippen molar-refractivity contribution in [1.29, 1.82) is 5.26 Å². The Morgan fingerprint density at radius 3 is 2.69 bits per heavy atom. The van der Waals surface area contributed by atoms with E-state index in [0.717, 1.165) is 24.1 Å². The van der Waals surface area contributed by atoms with Crippen molar-refractivity contribution in [3.63, 3.8) is 0 Å². The number of hydrogen-bond acceptors (Lipinski definition) is 6. The number of rotatable bonds is 5. The lowest BCUT2D eigenvalue weighted by atomic mass is 10.0. The molecule has 172 valence electrons. The van der Waals surface area contributed by atoms with Crippen LogP contribution in [0, 0.1) is 23.1 Å². The average molecular weight is 466 g/mol. The van der Waals surface area contributed by atoms with E-state index in [4.69, 9.17) is 5.26 Å². The molecule has 1 aliphatic carbocycles. The summed E-state index contributed by atoms with van der Waals surface area (Å²) in [7, 11) is 0. The third kappa shape index (κ3) is 3.77. The number of anilines is 1. The van der Waals surface area contributed by atoms with E-state index >= 15 is 0 Å². The molecule has 0 radical (unpaired) electrons. The molecule has 4 aromatic heterocycles. The Balaban J connectivity index is 1.33. The van der Waals surface area contributed by atoms with E-state index < -0.39 is 5.82 Å². The normalized spacial score (nSPS) is 14.2. The maximum Gasteiger partial charge on any atom is 0.228 e. The van der Waals surface area contributed by atoms with Crippen molar-refractivity contribution < 1.29 is 9.18 Å². The van der Waals surface area contributed by atoms with Crippen molar-refractivity contribution in [2.75, 3.05) is 5.32 Å². The van der Waals surface area contributed by atoms with Gasteiger partial charge in [0.15, 0.2) is 17.1 Å². The first-order chi connectivity index (χ1) is 17.0. The molecule has 0 spiro atoms. The van der Waals surface area contributed by atoms with Crippen LogP contribution in [-0.4, -0.2) is 35.1 Å². The second-order valence-electron chi connectivity index (χ2n) is 8.68. The highest BCUT2D eigenvalue weighted by molar-refractivity contribution is 5.93. The van der Waals surface area contributed by atoms with Gasteiger partial charge in [0.25, 0.3) is 0 Å². The van der Waals surface area contributed by atoms with Gasteiger partial charge in [-0.05, 0) is 67.3 Å². The van der Waals surface area contributed by atoms with Gasteiger partial charge in [-0.1, -0.05) is 6.07 Å². The molecule has 1 atom stereocenters. The molecule has 35 heavy (non-hydrogen) atoms. The molecule has 1 saturated carbocycles. The van der Waals surface area contributed by atoms with Crippen molar-refractivity contribution in [3.05, 3.63) is 77.8 Å². The Bertz CT molecular complexity index is 1660. The molecule has 0 saturated heterocycles. The van der Waals surface area contributed by atoms with E-state index in [1.807, 2.05) is 47.9 Å². The number of nitrogens with zero attached hydrogens (tertiary/aromatic N) is 7. The molecule has 1 aliphatic rings. The summed E-state index contributed by atoms with van der Waals surface area (Å²) in [6.45, 7) is 1.98. The summed E-state index contributed by atoms with van der Waals surface area (Å²) < 4.78 is 17.7. The maximum absolute atomic E-state index is 14.2. The molecule has 4 heterocycles. The quantitative estimate of drug-likeness (QED) is 0.420. The number of nitriles is 1. The van der Waals surface area contributed by atoms with Crippen molar-refractivity contribution in [2.24, 2.45) is 5.92 Å². The van der Waals surface area contributed by atoms with Gasteiger partial charge >= 0.3 is 0 Å². The van der Waals surface area contributed by atoms with Crippen LogP contribution < -0.4 is 5.32 Å². The number of imidazole rings is 1. The first-order valence-electron chi connectivity index (χ1n) is 11.2. The molecular weight excluding hydrogens is 447 g/mol. The highest BCUT2D eigenvalue weighted by Gasteiger charge is 2.30. The minimum atomic E-state index is -0.562. The van der Waals surface area contributed by atoms with E-state index in [-0.39, 0.29) is 23.3 Å². The first kappa shape index (κ1) is 20.9. The van der Waals surface area contributed by atoms with Gasteiger partial charge in [0.05, 0.1) is 23.4 Å². The van der Waals surface area contributed by atoms with Crippen LogP contribution in [0.15, 0.2) is 54.9 Å². The molecule has 1 amide bonds. The molecule has 5 aromatic rings. The molecule has 0 bridgehead atoms. The average Bonchev–Trinajstić information content (AvgIpc) is 3.52. The van der Waals surface area contributed by atoms with Crippen LogP contribution >= 0.6 is 0 Å². The number of fused-ring (bicyclic) bond motifs is 2. The van der Waals surface area contributed by atoms with Crippen LogP contribution in [0.2, 0.25) is 0 Å². The number of hydrogen-bond donors (Lipinski definition) is 1. The van der Waals surface area contributed by atoms with Gasteiger partial charge in [0.1, 0.15) is 17.7 Å². The first-order valence-corrected chi connectivity index (χ1v) is 11.2. The van der Waals surface area contributed by atoms with Crippen molar-refractivity contribution in [2.45, 2.75) is 25.7 Å². The van der Waals surface area contributed by atoms with Gasteiger partial charge in [0, 0.05) is 12.1 Å². The Kier molecular flexibility index (Phi) is 4.77. The third-order valence-electron chi connectivity index (χ3n) is 6.22. The zero-order valence-corrected chi connectivity index (χ0v) is 18.7. The van der Waals surface area contributed by atoms with E-state index in [1.54, 1.807) is 16.8 Å². The molecule has 10 heteroatoms. The Morgan fingerprint density at radius 1 is 1.11 bits per heavy atom. The van der Waals surface area contributed by atoms with E-state index in [9.17, 15) is 9.18 Å². The molecule has 1 fully saturated rings. The molecular formula is C25H19FN8O. The second kappa shape index (κ2) is 7.99. The van der Waals surface area contributed by atoms with Gasteiger partial charge in [-0.25, -0.2) is 13.9 Å². The number of amides is 1. The standard InChI is InChI=1S/C25H19FN8O/c1-14(20-7-9-22-28-21(13-34(22)32-20)29-25(35)15-2-3-15)24-31-30-23-8-6-18(12-33(23)24)16-4-5-17(11-27)19(26)10-16/h4-10,12-15H,2-3H2,1H3,(H,29,35). The summed E-state index contributed by atoms with van der Waals surface area (Å²) in [4.78, 5) is 16.5. The molecule has 0 aliphatic heterocycles. The number of carbonyl (C=O) groups excluding carboxylic acids is 1. The number of benzene rings is 1. The predicted molar refractivity (Wildman–Crippen MR) is 125 cm³/mol. The Hall–Kier alpha value is -4.65. The van der Waals surface area contributed by atoms with Gasteiger partial charge in [-0.2, -0.15) is 10.4 Å². The van der Waals surface area contributed by atoms with Crippen molar-refractivity contribution >= 4 is 23.0 Å². The Morgan fingerprint density at radius 2 is 1.91 bits per heavy atom. The minimum absolute atomic E-state index is 0.00432. The van der Waals surface area contributed by atoms with Gasteiger partial charge < -0.3 is 5.32 Å². The van der Waals surface area contributed by atoms with Gasteiger partial charge in [0.2, 0.25) is 5.91 Å². The summed E-state index contributed by atoms with van der Waals surface area (Å²) >= 11 is 0. The SMILES string of the molecule is CC(c1ccc2nc(NC(=O)C3CC3)cn2n1)c1nnc2ccc(-c3ccc(C#N)c(F)c3)cn12. The number of pyridine rings is 1. The number of carbonyl (C=O) groups is 1. The summed E-state index contributed by atoms with van der Waals surface area (Å²) in [5.41, 5.74) is 3.45. The summed E-state index contributed by atoms with van der Waals surface area (Å²) in [5, 5.41) is 25.2. The second-order valence-corrected chi connectivity index (χ2v) is 8.68.